The number of amides is 1. The van der Waals surface area contributed by atoms with Crippen LogP contribution in [0.25, 0.3) is 0 Å². The van der Waals surface area contributed by atoms with Gasteiger partial charge in [0.25, 0.3) is 0 Å². The van der Waals surface area contributed by atoms with E-state index in [1.54, 1.807) is 0 Å². The average Bonchev–Trinajstić information content (AvgIpc) is 2.64. The molecule has 0 aromatic heterocycles. The summed E-state index contributed by atoms with van der Waals surface area (Å²) in [5.74, 6) is 0. The van der Waals surface area contributed by atoms with Crippen molar-refractivity contribution in [1.29, 1.82) is 5.26 Å². The van der Waals surface area contributed by atoms with E-state index in [-0.39, 0.29) is 24.6 Å². The van der Waals surface area contributed by atoms with E-state index in [2.05, 4.69) is 10.0 Å². The van der Waals surface area contributed by atoms with Gasteiger partial charge in [-0.3, -0.25) is 0 Å². The van der Waals surface area contributed by atoms with E-state index in [0.29, 0.717) is 5.56 Å². The van der Waals surface area contributed by atoms with E-state index in [0.717, 1.165) is 5.56 Å². The molecule has 0 unspecified atom stereocenters. The Hall–Kier alpha value is -2.89. The van der Waals surface area contributed by atoms with Gasteiger partial charge < -0.3 is 10.1 Å². The van der Waals surface area contributed by atoms with Gasteiger partial charge >= 0.3 is 6.09 Å². The van der Waals surface area contributed by atoms with Crippen molar-refractivity contribution >= 4 is 16.1 Å². The van der Waals surface area contributed by atoms with Crippen LogP contribution in [-0.4, -0.2) is 27.6 Å². The standard InChI is InChI=1S/C17H17N3O4S/c18-12-14-6-8-16(9-7-14)25(22,23)20-11-10-19-17(21)24-13-15-4-2-1-3-5-15/h1-9,20H,10-11,13H2,(H,19,21). The molecule has 0 fully saturated rings. The fourth-order valence-electron chi connectivity index (χ4n) is 1.92. The second kappa shape index (κ2) is 8.82. The zero-order chi connectivity index (χ0) is 18.1. The van der Waals surface area contributed by atoms with E-state index < -0.39 is 16.1 Å². The molecule has 2 aromatic rings. The van der Waals surface area contributed by atoms with Gasteiger partial charge in [-0.05, 0) is 29.8 Å². The van der Waals surface area contributed by atoms with Crippen molar-refractivity contribution in [2.75, 3.05) is 13.1 Å². The second-order valence-corrected chi connectivity index (χ2v) is 6.79. The smallest absolute Gasteiger partial charge is 0.407 e. The molecule has 0 radical (unpaired) electrons. The van der Waals surface area contributed by atoms with Crippen LogP contribution < -0.4 is 10.0 Å². The quantitative estimate of drug-likeness (QED) is 0.732. The molecule has 0 aliphatic rings. The third-order valence-corrected chi connectivity index (χ3v) is 4.67. The monoisotopic (exact) mass is 359 g/mol. The number of nitriles is 1. The highest BCUT2D eigenvalue weighted by Crippen LogP contribution is 2.09. The lowest BCUT2D eigenvalue weighted by atomic mass is 10.2. The van der Waals surface area contributed by atoms with Crippen LogP contribution in [0.3, 0.4) is 0 Å². The van der Waals surface area contributed by atoms with Gasteiger partial charge in [0.2, 0.25) is 10.0 Å². The summed E-state index contributed by atoms with van der Waals surface area (Å²) in [6, 6.07) is 16.7. The van der Waals surface area contributed by atoms with Crippen molar-refractivity contribution in [3.8, 4) is 6.07 Å². The highest BCUT2D eigenvalue weighted by Gasteiger charge is 2.13. The van der Waals surface area contributed by atoms with Crippen LogP contribution in [-0.2, 0) is 21.4 Å². The molecule has 0 spiro atoms. The molecule has 0 saturated carbocycles. The minimum atomic E-state index is -3.69. The van der Waals surface area contributed by atoms with Crippen LogP contribution in [0.15, 0.2) is 59.5 Å². The number of rotatable bonds is 7. The molecule has 7 nitrogen and oxygen atoms in total. The van der Waals surface area contributed by atoms with Gasteiger partial charge in [0.05, 0.1) is 16.5 Å². The molecule has 2 aromatic carbocycles. The van der Waals surface area contributed by atoms with Gasteiger partial charge in [-0.2, -0.15) is 5.26 Å². The lowest BCUT2D eigenvalue weighted by molar-refractivity contribution is 0.140. The number of ether oxygens (including phenoxy) is 1. The zero-order valence-electron chi connectivity index (χ0n) is 13.3. The zero-order valence-corrected chi connectivity index (χ0v) is 14.1. The summed E-state index contributed by atoms with van der Waals surface area (Å²) in [6.45, 7) is 0.246. The maximum absolute atomic E-state index is 12.0. The summed E-state index contributed by atoms with van der Waals surface area (Å²) in [6.07, 6.45) is -0.624. The number of nitrogens with one attached hydrogen (secondary N) is 2. The number of carbonyl (C=O) groups is 1. The third kappa shape index (κ3) is 5.91. The summed E-state index contributed by atoms with van der Waals surface area (Å²) < 4.78 is 31.5. The molecule has 0 aliphatic heterocycles. The Morgan fingerprint density at radius 2 is 1.72 bits per heavy atom. The summed E-state index contributed by atoms with van der Waals surface area (Å²) in [5.41, 5.74) is 1.24. The number of sulfonamides is 1. The minimum absolute atomic E-state index is 0.0166. The van der Waals surface area contributed by atoms with Crippen molar-refractivity contribution in [1.82, 2.24) is 10.0 Å². The summed E-state index contributed by atoms with van der Waals surface area (Å²) in [7, 11) is -3.69. The number of carbonyl (C=O) groups excluding carboxylic acids is 1. The van der Waals surface area contributed by atoms with Gasteiger partial charge in [-0.1, -0.05) is 30.3 Å². The molecular formula is C17H17N3O4S. The Kier molecular flexibility index (Phi) is 6.51. The Labute approximate surface area is 146 Å². The predicted octanol–water partition coefficient (Wildman–Crippen LogP) is 1.76. The van der Waals surface area contributed by atoms with E-state index in [1.807, 2.05) is 36.4 Å². The highest BCUT2D eigenvalue weighted by molar-refractivity contribution is 7.89. The first-order chi connectivity index (χ1) is 12.0. The summed E-state index contributed by atoms with van der Waals surface area (Å²) in [4.78, 5) is 11.6. The number of alkyl carbamates (subject to hydrolysis) is 1. The van der Waals surface area contributed by atoms with Gasteiger partial charge in [0, 0.05) is 13.1 Å². The SMILES string of the molecule is N#Cc1ccc(S(=O)(=O)NCCNC(=O)OCc2ccccc2)cc1. The highest BCUT2D eigenvalue weighted by atomic mass is 32.2. The molecule has 2 rings (SSSR count). The molecule has 8 heteroatoms. The molecule has 25 heavy (non-hydrogen) atoms. The topological polar surface area (TPSA) is 108 Å². The van der Waals surface area contributed by atoms with Crippen molar-refractivity contribution in [2.24, 2.45) is 0 Å². The fraction of sp³-hybridized carbons (Fsp3) is 0.176. The Balaban J connectivity index is 1.72. The van der Waals surface area contributed by atoms with Gasteiger partial charge in [0.1, 0.15) is 6.61 Å². The number of nitrogens with zero attached hydrogens (tertiary/aromatic N) is 1. The minimum Gasteiger partial charge on any atom is -0.445 e. The van der Waals surface area contributed by atoms with Gasteiger partial charge in [-0.25, -0.2) is 17.9 Å². The van der Waals surface area contributed by atoms with E-state index in [9.17, 15) is 13.2 Å². The summed E-state index contributed by atoms with van der Waals surface area (Å²) in [5, 5.41) is 11.2. The maximum atomic E-state index is 12.0. The molecule has 0 bridgehead atoms. The first kappa shape index (κ1) is 18.4. The molecule has 0 atom stereocenters. The summed E-state index contributed by atoms with van der Waals surface area (Å²) >= 11 is 0. The van der Waals surface area contributed by atoms with Crippen LogP contribution in [0, 0.1) is 11.3 Å². The lowest BCUT2D eigenvalue weighted by Gasteiger charge is -2.09. The van der Waals surface area contributed by atoms with Crippen molar-refractivity contribution in [3.63, 3.8) is 0 Å². The molecule has 0 heterocycles. The predicted molar refractivity (Wildman–Crippen MR) is 91.0 cm³/mol. The van der Waals surface area contributed by atoms with Crippen LogP contribution in [0.5, 0.6) is 0 Å². The average molecular weight is 359 g/mol. The van der Waals surface area contributed by atoms with E-state index >= 15 is 0 Å². The molecule has 2 N–H and O–H groups in total. The normalized spacial score (nSPS) is 10.7. The van der Waals surface area contributed by atoms with Gasteiger partial charge in [0.15, 0.2) is 0 Å². The van der Waals surface area contributed by atoms with Crippen LogP contribution in [0.4, 0.5) is 4.79 Å². The molecule has 130 valence electrons. The first-order valence-corrected chi connectivity index (χ1v) is 8.94. The molecule has 1 amide bonds. The van der Waals surface area contributed by atoms with Gasteiger partial charge in [-0.15, -0.1) is 0 Å². The fourth-order valence-corrected chi connectivity index (χ4v) is 2.95. The van der Waals surface area contributed by atoms with Crippen LogP contribution >= 0.6 is 0 Å². The third-order valence-electron chi connectivity index (χ3n) is 3.19. The van der Waals surface area contributed by atoms with Crippen molar-refractivity contribution in [2.45, 2.75) is 11.5 Å². The maximum Gasteiger partial charge on any atom is 0.407 e. The van der Waals surface area contributed by atoms with Crippen molar-refractivity contribution in [3.05, 3.63) is 65.7 Å². The van der Waals surface area contributed by atoms with Crippen LogP contribution in [0.2, 0.25) is 0 Å². The lowest BCUT2D eigenvalue weighted by Crippen LogP contribution is -2.34. The second-order valence-electron chi connectivity index (χ2n) is 5.02. The first-order valence-electron chi connectivity index (χ1n) is 7.45. The Morgan fingerprint density at radius 1 is 1.04 bits per heavy atom. The molecular weight excluding hydrogens is 342 g/mol. The van der Waals surface area contributed by atoms with E-state index in [1.165, 1.54) is 24.3 Å². The van der Waals surface area contributed by atoms with E-state index in [4.69, 9.17) is 10.00 Å². The largest absolute Gasteiger partial charge is 0.445 e. The Morgan fingerprint density at radius 3 is 2.36 bits per heavy atom. The molecule has 0 aliphatic carbocycles. The Bertz CT molecular complexity index is 844. The van der Waals surface area contributed by atoms with Crippen LogP contribution in [0.1, 0.15) is 11.1 Å². The number of hydrogen-bond donors (Lipinski definition) is 2. The molecule has 0 saturated heterocycles. The van der Waals surface area contributed by atoms with Crippen molar-refractivity contribution < 1.29 is 17.9 Å². The number of benzene rings is 2. The number of hydrogen-bond acceptors (Lipinski definition) is 5.